The monoisotopic (exact) mass is 504 g/mol. The Kier molecular flexibility index (Phi) is 6.50. The third-order valence-corrected chi connectivity index (χ3v) is 8.63. The van der Waals surface area contributed by atoms with E-state index in [0.717, 1.165) is 61.1 Å². The van der Waals surface area contributed by atoms with Crippen LogP contribution in [0.1, 0.15) is 49.7 Å². The van der Waals surface area contributed by atoms with Gasteiger partial charge in [0.1, 0.15) is 30.3 Å². The van der Waals surface area contributed by atoms with Crippen molar-refractivity contribution in [3.05, 3.63) is 48.3 Å². The molecular formula is C28H36N6O3. The minimum atomic E-state index is 0.0490. The van der Waals surface area contributed by atoms with E-state index < -0.39 is 0 Å². The zero-order chi connectivity index (χ0) is 25.5. The summed E-state index contributed by atoms with van der Waals surface area (Å²) < 4.78 is 6.22. The summed E-state index contributed by atoms with van der Waals surface area (Å²) in [6.07, 6.45) is 7.79. The lowest BCUT2D eigenvalue weighted by Gasteiger charge is -2.51. The number of piperidine rings is 1. The fraction of sp³-hybridized carbons (Fsp3) is 0.536. The van der Waals surface area contributed by atoms with E-state index in [-0.39, 0.29) is 12.5 Å². The molecule has 2 unspecified atom stereocenters. The van der Waals surface area contributed by atoms with Gasteiger partial charge in [-0.1, -0.05) is 12.6 Å². The molecule has 2 aromatic rings. The third-order valence-electron chi connectivity index (χ3n) is 8.63. The Labute approximate surface area is 218 Å². The summed E-state index contributed by atoms with van der Waals surface area (Å²) in [5.41, 5.74) is 3.20. The summed E-state index contributed by atoms with van der Waals surface area (Å²) in [4.78, 5) is 27.6. The number of aliphatic hydroxyl groups is 1. The van der Waals surface area contributed by atoms with E-state index >= 15 is 0 Å². The fourth-order valence-electron chi connectivity index (χ4n) is 6.79. The van der Waals surface area contributed by atoms with Crippen molar-refractivity contribution >= 4 is 23.2 Å². The number of rotatable bonds is 7. The maximum absolute atomic E-state index is 11.9. The zero-order valence-electron chi connectivity index (χ0n) is 21.5. The van der Waals surface area contributed by atoms with Gasteiger partial charge in [-0.05, 0) is 62.3 Å². The van der Waals surface area contributed by atoms with Crippen molar-refractivity contribution in [3.63, 3.8) is 0 Å². The lowest BCUT2D eigenvalue weighted by Crippen LogP contribution is -2.64. The molecule has 0 spiro atoms. The molecular weight excluding hydrogens is 468 g/mol. The van der Waals surface area contributed by atoms with Gasteiger partial charge in [-0.3, -0.25) is 9.69 Å². The first-order valence-corrected chi connectivity index (χ1v) is 13.5. The van der Waals surface area contributed by atoms with E-state index in [1.807, 2.05) is 9.80 Å². The topological polar surface area (TPSA) is 94.1 Å². The largest absolute Gasteiger partial charge is 0.486 e. The number of amides is 1. The number of benzene rings is 1. The van der Waals surface area contributed by atoms with Gasteiger partial charge in [0.25, 0.3) is 0 Å². The van der Waals surface area contributed by atoms with Gasteiger partial charge in [0, 0.05) is 44.3 Å². The lowest BCUT2D eigenvalue weighted by molar-refractivity contribution is -0.135. The fourth-order valence-corrected chi connectivity index (χ4v) is 6.79. The predicted molar refractivity (Wildman–Crippen MR) is 142 cm³/mol. The van der Waals surface area contributed by atoms with Crippen LogP contribution in [0.25, 0.3) is 0 Å². The smallest absolute Gasteiger partial charge is 0.246 e. The van der Waals surface area contributed by atoms with Crippen LogP contribution in [0.4, 0.5) is 17.3 Å². The number of nitrogens with zero attached hydrogens (tertiary/aromatic N) is 5. The number of likely N-dealkylation sites (tertiary alicyclic amines) is 1. The molecule has 2 atom stereocenters. The molecule has 4 aliphatic heterocycles. The van der Waals surface area contributed by atoms with Gasteiger partial charge in [0.2, 0.25) is 5.91 Å². The highest BCUT2D eigenvalue weighted by atomic mass is 16.5. The van der Waals surface area contributed by atoms with Crippen LogP contribution in [0, 0.1) is 0 Å². The molecule has 1 aromatic carbocycles. The first-order valence-electron chi connectivity index (χ1n) is 13.5. The average molecular weight is 505 g/mol. The Hall–Kier alpha value is -3.17. The molecule has 0 saturated carbocycles. The second-order valence-corrected chi connectivity index (χ2v) is 10.6. The van der Waals surface area contributed by atoms with Crippen LogP contribution >= 0.6 is 0 Å². The molecule has 1 amide bonds. The van der Waals surface area contributed by atoms with E-state index in [4.69, 9.17) is 4.74 Å². The van der Waals surface area contributed by atoms with Crippen LogP contribution in [0.2, 0.25) is 0 Å². The Balaban J connectivity index is 1.18. The number of carbonyl (C=O) groups excluding carboxylic acids is 1. The average Bonchev–Trinajstić information content (AvgIpc) is 3.05. The van der Waals surface area contributed by atoms with Gasteiger partial charge in [0.05, 0.1) is 17.9 Å². The van der Waals surface area contributed by atoms with Gasteiger partial charge < -0.3 is 25.0 Å². The quantitative estimate of drug-likeness (QED) is 0.556. The standard InChI is InChI=1S/C28H36N6O3/c1-3-26(36)33-14-22(15-33)34-20-6-7-21(34)12-19(11-20)18-5-8-25-24(13-18)31-27-23(16-37-25)28(30-17-29-27)32(4-2)9-10-35/h3,5,8,13,17,19-22,35H,1,4,6-7,9-12,14-16H2,2H3,(H,29,30,31). The predicted octanol–water partition coefficient (Wildman–Crippen LogP) is 3.04. The molecule has 37 heavy (non-hydrogen) atoms. The number of nitrogens with one attached hydrogen (secondary N) is 1. The van der Waals surface area contributed by atoms with Crippen LogP contribution in [-0.2, 0) is 11.4 Å². The second kappa shape index (κ2) is 9.95. The normalized spacial score (nSPS) is 24.7. The Morgan fingerprint density at radius 2 is 2.03 bits per heavy atom. The van der Waals surface area contributed by atoms with Crippen LogP contribution in [0.5, 0.6) is 5.75 Å². The molecule has 2 N–H and O–H groups in total. The molecule has 9 nitrogen and oxygen atoms in total. The number of carbonyl (C=O) groups is 1. The number of aromatic nitrogens is 2. The van der Waals surface area contributed by atoms with Crippen molar-refractivity contribution in [1.29, 1.82) is 0 Å². The highest BCUT2D eigenvalue weighted by Crippen LogP contribution is 2.46. The Morgan fingerprint density at radius 3 is 2.73 bits per heavy atom. The summed E-state index contributed by atoms with van der Waals surface area (Å²) in [7, 11) is 0. The maximum Gasteiger partial charge on any atom is 0.246 e. The van der Waals surface area contributed by atoms with E-state index in [1.165, 1.54) is 24.5 Å². The number of fused-ring (bicyclic) bond motifs is 4. The molecule has 0 aliphatic carbocycles. The summed E-state index contributed by atoms with van der Waals surface area (Å²) in [5.74, 6) is 2.94. The summed E-state index contributed by atoms with van der Waals surface area (Å²) in [5, 5.41) is 13.0. The van der Waals surface area contributed by atoms with E-state index in [2.05, 4.69) is 51.9 Å². The van der Waals surface area contributed by atoms with Gasteiger partial charge >= 0.3 is 0 Å². The molecule has 5 heterocycles. The van der Waals surface area contributed by atoms with Crippen molar-refractivity contribution in [2.75, 3.05) is 43.0 Å². The lowest BCUT2D eigenvalue weighted by atomic mass is 9.83. The van der Waals surface area contributed by atoms with Crippen molar-refractivity contribution in [3.8, 4) is 5.75 Å². The first-order chi connectivity index (χ1) is 18.1. The van der Waals surface area contributed by atoms with E-state index in [9.17, 15) is 9.90 Å². The maximum atomic E-state index is 11.9. The Morgan fingerprint density at radius 1 is 1.24 bits per heavy atom. The van der Waals surface area contributed by atoms with Gasteiger partial charge in [0.15, 0.2) is 0 Å². The highest BCUT2D eigenvalue weighted by molar-refractivity contribution is 5.87. The molecule has 3 fully saturated rings. The van der Waals surface area contributed by atoms with Crippen LogP contribution < -0.4 is 15.0 Å². The molecule has 6 rings (SSSR count). The number of ether oxygens (including phenoxy) is 1. The minimum absolute atomic E-state index is 0.0490. The molecule has 9 heteroatoms. The van der Waals surface area contributed by atoms with Crippen molar-refractivity contribution < 1.29 is 14.6 Å². The molecule has 196 valence electrons. The second-order valence-electron chi connectivity index (χ2n) is 10.6. The van der Waals surface area contributed by atoms with Gasteiger partial charge in [-0.25, -0.2) is 9.97 Å². The number of anilines is 3. The number of hydrogen-bond acceptors (Lipinski definition) is 8. The van der Waals surface area contributed by atoms with E-state index in [0.29, 0.717) is 37.2 Å². The molecule has 4 aliphatic rings. The van der Waals surface area contributed by atoms with Crippen LogP contribution in [0.3, 0.4) is 0 Å². The van der Waals surface area contributed by atoms with Crippen molar-refractivity contribution in [1.82, 2.24) is 19.8 Å². The van der Waals surface area contributed by atoms with Crippen molar-refractivity contribution in [2.24, 2.45) is 0 Å². The van der Waals surface area contributed by atoms with Crippen LogP contribution in [0.15, 0.2) is 37.2 Å². The summed E-state index contributed by atoms with van der Waals surface area (Å²) in [6.45, 7) is 9.04. The number of hydrogen-bond donors (Lipinski definition) is 2. The van der Waals surface area contributed by atoms with Gasteiger partial charge in [-0.2, -0.15) is 0 Å². The van der Waals surface area contributed by atoms with E-state index in [1.54, 1.807) is 6.33 Å². The number of aliphatic hydroxyl groups excluding tert-OH is 1. The Bertz CT molecular complexity index is 1170. The van der Waals surface area contributed by atoms with Crippen LogP contribution in [-0.4, -0.2) is 81.7 Å². The molecule has 1 aromatic heterocycles. The highest BCUT2D eigenvalue weighted by Gasteiger charge is 2.47. The zero-order valence-corrected chi connectivity index (χ0v) is 21.5. The summed E-state index contributed by atoms with van der Waals surface area (Å²) in [6, 6.07) is 8.20. The first kappa shape index (κ1) is 24.2. The van der Waals surface area contributed by atoms with Crippen molar-refractivity contribution in [2.45, 2.75) is 63.3 Å². The molecule has 0 radical (unpaired) electrons. The molecule has 3 saturated heterocycles. The molecule has 2 bridgehead atoms. The minimum Gasteiger partial charge on any atom is -0.486 e. The third kappa shape index (κ3) is 4.34. The number of likely N-dealkylation sites (N-methyl/N-ethyl adjacent to an activating group) is 1. The SMILES string of the molecule is C=CC(=O)N1CC(N2C3CCC2CC(c2ccc4c(c2)Nc2ncnc(N(CC)CCO)c2CO4)C3)C1. The summed E-state index contributed by atoms with van der Waals surface area (Å²) >= 11 is 0. The van der Waals surface area contributed by atoms with Gasteiger partial charge in [-0.15, -0.1) is 0 Å².